The number of aliphatic imine (C=N–C) groups is 1. The summed E-state index contributed by atoms with van der Waals surface area (Å²) in [6.45, 7) is 10.4. The minimum Gasteiger partial charge on any atom is -0.334 e. The van der Waals surface area contributed by atoms with Gasteiger partial charge in [-0.1, -0.05) is 26.7 Å². The molecule has 1 aromatic rings. The van der Waals surface area contributed by atoms with Crippen LogP contribution in [0.25, 0.3) is 0 Å². The number of rotatable bonds is 11. The Hall–Kier alpha value is -1.46. The molecule has 0 aromatic carbocycles. The van der Waals surface area contributed by atoms with Gasteiger partial charge in [0.1, 0.15) is 31.7 Å². The van der Waals surface area contributed by atoms with E-state index in [9.17, 15) is 0 Å². The molecule has 5 heteroatoms. The summed E-state index contributed by atoms with van der Waals surface area (Å²) >= 11 is 0. The van der Waals surface area contributed by atoms with E-state index < -0.39 is 0 Å². The van der Waals surface area contributed by atoms with Crippen LogP contribution in [0.2, 0.25) is 0 Å². The molecule has 0 fully saturated rings. The maximum Gasteiger partial charge on any atom is 0.245 e. The van der Waals surface area contributed by atoms with Gasteiger partial charge in [-0.25, -0.2) is 14.1 Å². The van der Waals surface area contributed by atoms with Crippen molar-refractivity contribution in [3.05, 3.63) is 31.1 Å². The van der Waals surface area contributed by atoms with Crippen LogP contribution in [0.15, 0.2) is 36.1 Å². The maximum absolute atomic E-state index is 6.05. The van der Waals surface area contributed by atoms with E-state index in [1.54, 1.807) is 0 Å². The number of hydrogen-bond acceptors (Lipinski definition) is 2. The molecule has 23 heavy (non-hydrogen) atoms. The molecule has 0 spiro atoms. The zero-order chi connectivity index (χ0) is 16.5. The summed E-state index contributed by atoms with van der Waals surface area (Å²) < 4.78 is 11.2. The number of ether oxygens (including phenoxy) is 1. The molecular weight excluding hydrogens is 288 g/mol. The quantitative estimate of drug-likeness (QED) is 0.455. The van der Waals surface area contributed by atoms with E-state index >= 15 is 0 Å². The summed E-state index contributed by atoms with van der Waals surface area (Å²) in [5.41, 5.74) is 0. The van der Waals surface area contributed by atoms with Crippen molar-refractivity contribution in [2.45, 2.75) is 59.2 Å². The molecule has 5 nitrogen and oxygen atoms in total. The zero-order valence-corrected chi connectivity index (χ0v) is 14.9. The number of quaternary nitrogens is 1. The average molecular weight is 320 g/mol. The Kier molecular flexibility index (Phi) is 6.99. The number of nitrogens with zero attached hydrogens (tertiary/aromatic N) is 4. The highest BCUT2D eigenvalue weighted by Crippen LogP contribution is 2.14. The number of imidazole rings is 1. The van der Waals surface area contributed by atoms with Crippen molar-refractivity contribution in [1.82, 2.24) is 4.57 Å². The first-order chi connectivity index (χ1) is 11.2. The van der Waals surface area contributed by atoms with Gasteiger partial charge in [-0.2, -0.15) is 0 Å². The number of unbranched alkanes of at least 4 members (excludes halogenated alkanes) is 2. The number of aromatic nitrogens is 2. The first kappa shape index (κ1) is 17.9. The van der Waals surface area contributed by atoms with Crippen molar-refractivity contribution in [3.63, 3.8) is 0 Å². The fourth-order valence-corrected chi connectivity index (χ4v) is 2.79. The minimum absolute atomic E-state index is 0.0626. The molecule has 0 N–H and O–H groups in total. The van der Waals surface area contributed by atoms with Crippen molar-refractivity contribution >= 4 is 6.34 Å². The molecule has 128 valence electrons. The van der Waals surface area contributed by atoms with Gasteiger partial charge in [0, 0.05) is 6.92 Å². The standard InChI is InChI=1S/C18H32N4O/c1-4-6-9-20-10-11-21(17-20)18(3)23-15-14-22(12-7-5-2)13-8-19-16-22/h8,10-11,13,16-18H,4-7,9,12,14-15H2,1-3H3/q+2. The van der Waals surface area contributed by atoms with Crippen LogP contribution in [0.4, 0.5) is 0 Å². The van der Waals surface area contributed by atoms with Gasteiger partial charge in [0.15, 0.2) is 12.6 Å². The van der Waals surface area contributed by atoms with Gasteiger partial charge in [-0.3, -0.25) is 4.48 Å². The third-order valence-electron chi connectivity index (χ3n) is 4.44. The van der Waals surface area contributed by atoms with E-state index in [-0.39, 0.29) is 6.23 Å². The first-order valence-electron chi connectivity index (χ1n) is 8.96. The Morgan fingerprint density at radius 3 is 2.74 bits per heavy atom. The zero-order valence-electron chi connectivity index (χ0n) is 14.9. The minimum atomic E-state index is 0.0626. The van der Waals surface area contributed by atoms with Crippen molar-refractivity contribution in [2.75, 3.05) is 19.7 Å². The Morgan fingerprint density at radius 1 is 1.22 bits per heavy atom. The fraction of sp³-hybridized carbons (Fsp3) is 0.667. The third kappa shape index (κ3) is 5.29. The molecule has 2 rings (SSSR count). The SMILES string of the molecule is CCCC[n+]1ccn(C(C)OCC[N+]2(CCCC)C=CN=C2)c1. The van der Waals surface area contributed by atoms with E-state index in [1.165, 1.54) is 25.7 Å². The third-order valence-corrected chi connectivity index (χ3v) is 4.44. The molecule has 2 unspecified atom stereocenters. The van der Waals surface area contributed by atoms with Gasteiger partial charge < -0.3 is 4.74 Å². The van der Waals surface area contributed by atoms with Crippen molar-refractivity contribution in [2.24, 2.45) is 4.99 Å². The normalized spacial score (nSPS) is 21.2. The van der Waals surface area contributed by atoms with E-state index in [2.05, 4.69) is 59.8 Å². The molecule has 0 radical (unpaired) electrons. The van der Waals surface area contributed by atoms with Crippen LogP contribution >= 0.6 is 0 Å². The number of aryl methyl sites for hydroxylation is 1. The van der Waals surface area contributed by atoms with Crippen LogP contribution in [0.3, 0.4) is 0 Å². The van der Waals surface area contributed by atoms with Gasteiger partial charge in [0.2, 0.25) is 6.33 Å². The smallest absolute Gasteiger partial charge is 0.245 e. The van der Waals surface area contributed by atoms with Crippen molar-refractivity contribution < 1.29 is 13.8 Å². The monoisotopic (exact) mass is 320 g/mol. The van der Waals surface area contributed by atoms with E-state index in [0.29, 0.717) is 0 Å². The highest BCUT2D eigenvalue weighted by molar-refractivity contribution is 5.50. The summed E-state index contributed by atoms with van der Waals surface area (Å²) in [6.07, 6.45) is 17.4. The molecule has 0 saturated heterocycles. The van der Waals surface area contributed by atoms with Crippen molar-refractivity contribution in [1.29, 1.82) is 0 Å². The predicted molar refractivity (Wildman–Crippen MR) is 92.7 cm³/mol. The summed E-state index contributed by atoms with van der Waals surface area (Å²) in [5, 5.41) is 0. The Morgan fingerprint density at radius 2 is 2.04 bits per heavy atom. The molecule has 0 saturated carbocycles. The summed E-state index contributed by atoms with van der Waals surface area (Å²) in [6, 6.07) is 0. The van der Waals surface area contributed by atoms with Crippen LogP contribution in [-0.2, 0) is 11.3 Å². The van der Waals surface area contributed by atoms with Crippen LogP contribution in [0.1, 0.15) is 52.7 Å². The molecule has 0 bridgehead atoms. The fourth-order valence-electron chi connectivity index (χ4n) is 2.79. The topological polar surface area (TPSA) is 30.4 Å². The molecule has 1 aliphatic rings. The molecule has 2 heterocycles. The predicted octanol–water partition coefficient (Wildman–Crippen LogP) is 3.24. The first-order valence-corrected chi connectivity index (χ1v) is 8.96. The Balaban J connectivity index is 1.79. The van der Waals surface area contributed by atoms with Crippen LogP contribution < -0.4 is 4.57 Å². The lowest BCUT2D eigenvalue weighted by Gasteiger charge is -2.27. The lowest BCUT2D eigenvalue weighted by Crippen LogP contribution is -2.43. The second-order valence-electron chi connectivity index (χ2n) is 6.39. The lowest BCUT2D eigenvalue weighted by atomic mass is 10.3. The molecule has 0 aliphatic carbocycles. The van der Waals surface area contributed by atoms with E-state index in [1.807, 2.05) is 12.5 Å². The summed E-state index contributed by atoms with van der Waals surface area (Å²) in [4.78, 5) is 4.28. The Labute approximate surface area is 140 Å². The van der Waals surface area contributed by atoms with Crippen LogP contribution in [0, 0.1) is 0 Å². The molecule has 0 amide bonds. The van der Waals surface area contributed by atoms with Crippen molar-refractivity contribution in [3.8, 4) is 0 Å². The van der Waals surface area contributed by atoms with E-state index in [4.69, 9.17) is 4.74 Å². The largest absolute Gasteiger partial charge is 0.334 e. The van der Waals surface area contributed by atoms with E-state index in [0.717, 1.165) is 30.7 Å². The molecule has 1 aromatic heterocycles. The molecule has 2 atom stereocenters. The second kappa shape index (κ2) is 8.99. The molecule has 1 aliphatic heterocycles. The number of hydrogen-bond donors (Lipinski definition) is 0. The van der Waals surface area contributed by atoms with Gasteiger partial charge in [0.25, 0.3) is 0 Å². The highest BCUT2D eigenvalue weighted by Gasteiger charge is 2.25. The summed E-state index contributed by atoms with van der Waals surface area (Å²) in [5.74, 6) is 0. The van der Waals surface area contributed by atoms with Gasteiger partial charge in [-0.15, -0.1) is 0 Å². The molecular formula is C18H32N4O+2. The van der Waals surface area contributed by atoms with Gasteiger partial charge >= 0.3 is 0 Å². The Bertz CT molecular complexity index is 509. The van der Waals surface area contributed by atoms with Gasteiger partial charge in [-0.05, 0) is 12.8 Å². The highest BCUT2D eigenvalue weighted by atomic mass is 16.5. The van der Waals surface area contributed by atoms with Gasteiger partial charge in [0.05, 0.1) is 19.3 Å². The lowest BCUT2D eigenvalue weighted by molar-refractivity contribution is -0.780. The maximum atomic E-state index is 6.05. The summed E-state index contributed by atoms with van der Waals surface area (Å²) in [7, 11) is 0. The second-order valence-corrected chi connectivity index (χ2v) is 6.39. The van der Waals surface area contributed by atoms with Crippen LogP contribution in [-0.4, -0.2) is 35.1 Å². The van der Waals surface area contributed by atoms with Crippen LogP contribution in [0.5, 0.6) is 0 Å². The average Bonchev–Trinajstić information content (AvgIpc) is 3.21.